The normalized spacial score (nSPS) is 10.3. The van der Waals surface area contributed by atoms with E-state index in [1.165, 1.54) is 0 Å². The van der Waals surface area contributed by atoms with Crippen molar-refractivity contribution in [3.63, 3.8) is 0 Å². The molecule has 0 unspecified atom stereocenters. The molecule has 0 saturated heterocycles. The summed E-state index contributed by atoms with van der Waals surface area (Å²) >= 11 is 9.32. The van der Waals surface area contributed by atoms with Crippen molar-refractivity contribution >= 4 is 39.1 Å². The van der Waals surface area contributed by atoms with E-state index in [0.717, 1.165) is 27.7 Å². The zero-order chi connectivity index (χ0) is 14.5. The molecule has 20 heavy (non-hydrogen) atoms. The molecule has 0 saturated carbocycles. The second-order valence-electron chi connectivity index (χ2n) is 4.64. The van der Waals surface area contributed by atoms with E-state index in [1.807, 2.05) is 43.3 Å². The molecule has 0 heterocycles. The monoisotopic (exact) mass is 351 g/mol. The minimum absolute atomic E-state index is 0.00963. The Morgan fingerprint density at radius 2 is 2.05 bits per heavy atom. The van der Waals surface area contributed by atoms with Gasteiger partial charge in [-0.25, -0.2) is 0 Å². The molecule has 2 rings (SSSR count). The third kappa shape index (κ3) is 4.36. The Bertz CT molecular complexity index is 628. The van der Waals surface area contributed by atoms with E-state index in [-0.39, 0.29) is 5.91 Å². The van der Waals surface area contributed by atoms with E-state index < -0.39 is 0 Å². The van der Waals surface area contributed by atoms with E-state index in [1.54, 1.807) is 6.07 Å². The van der Waals surface area contributed by atoms with Gasteiger partial charge in [0.1, 0.15) is 0 Å². The predicted molar refractivity (Wildman–Crippen MR) is 87.3 cm³/mol. The molecule has 1 N–H and O–H groups in total. The number of carbonyl (C=O) groups is 1. The van der Waals surface area contributed by atoms with Crippen LogP contribution in [0.15, 0.2) is 46.9 Å². The van der Waals surface area contributed by atoms with Crippen molar-refractivity contribution in [2.45, 2.75) is 19.8 Å². The third-order valence-corrected chi connectivity index (χ3v) is 3.72. The molecule has 1 amide bonds. The van der Waals surface area contributed by atoms with Gasteiger partial charge in [-0.05, 0) is 54.8 Å². The first-order valence-corrected chi connectivity index (χ1v) is 7.52. The minimum atomic E-state index is 0.00963. The zero-order valence-electron chi connectivity index (χ0n) is 11.1. The molecule has 2 nitrogen and oxygen atoms in total. The number of carbonyl (C=O) groups excluding carboxylic acids is 1. The Hall–Kier alpha value is -1.32. The van der Waals surface area contributed by atoms with Crippen LogP contribution in [0.2, 0.25) is 5.02 Å². The Kier molecular flexibility index (Phi) is 5.21. The summed E-state index contributed by atoms with van der Waals surface area (Å²) in [5, 5.41) is 3.59. The van der Waals surface area contributed by atoms with E-state index >= 15 is 0 Å². The molecule has 0 radical (unpaired) electrons. The average molecular weight is 353 g/mol. The van der Waals surface area contributed by atoms with Crippen LogP contribution in [0.4, 0.5) is 5.69 Å². The van der Waals surface area contributed by atoms with Gasteiger partial charge in [0.25, 0.3) is 0 Å². The standard InChI is InChI=1S/C16H15BrClNO/c1-11-9-14(18)6-7-15(11)19-16(20)8-5-12-3-2-4-13(17)10-12/h2-4,6-7,9-10H,5,8H2,1H3,(H,19,20). The van der Waals surface area contributed by atoms with Gasteiger partial charge in [0.05, 0.1) is 0 Å². The minimum Gasteiger partial charge on any atom is -0.326 e. The second-order valence-corrected chi connectivity index (χ2v) is 5.99. The molecule has 0 fully saturated rings. The number of benzene rings is 2. The van der Waals surface area contributed by atoms with Crippen molar-refractivity contribution in [3.8, 4) is 0 Å². The molecule has 0 aliphatic carbocycles. The average Bonchev–Trinajstić information content (AvgIpc) is 2.40. The lowest BCUT2D eigenvalue weighted by Gasteiger charge is -2.09. The Balaban J connectivity index is 1.92. The number of amides is 1. The second kappa shape index (κ2) is 6.91. The summed E-state index contributed by atoms with van der Waals surface area (Å²) in [4.78, 5) is 12.0. The highest BCUT2D eigenvalue weighted by molar-refractivity contribution is 9.10. The number of hydrogen-bond donors (Lipinski definition) is 1. The van der Waals surface area contributed by atoms with E-state index in [2.05, 4.69) is 21.2 Å². The van der Waals surface area contributed by atoms with Gasteiger partial charge in [-0.3, -0.25) is 4.79 Å². The van der Waals surface area contributed by atoms with Crippen LogP contribution in [0.5, 0.6) is 0 Å². The van der Waals surface area contributed by atoms with Crippen molar-refractivity contribution in [3.05, 3.63) is 63.1 Å². The van der Waals surface area contributed by atoms with Crippen LogP contribution in [-0.4, -0.2) is 5.91 Å². The lowest BCUT2D eigenvalue weighted by molar-refractivity contribution is -0.116. The summed E-state index contributed by atoms with van der Waals surface area (Å²) < 4.78 is 1.03. The topological polar surface area (TPSA) is 29.1 Å². The van der Waals surface area contributed by atoms with Gasteiger partial charge in [0.15, 0.2) is 0 Å². The van der Waals surface area contributed by atoms with Crippen LogP contribution in [0.1, 0.15) is 17.5 Å². The maximum absolute atomic E-state index is 12.0. The lowest BCUT2D eigenvalue weighted by Crippen LogP contribution is -2.13. The quantitative estimate of drug-likeness (QED) is 0.826. The summed E-state index contributed by atoms with van der Waals surface area (Å²) in [6, 6.07) is 13.4. The van der Waals surface area contributed by atoms with E-state index in [0.29, 0.717) is 11.4 Å². The molecular formula is C16H15BrClNO. The molecule has 0 aromatic heterocycles. The van der Waals surface area contributed by atoms with Crippen molar-refractivity contribution < 1.29 is 4.79 Å². The first-order valence-electron chi connectivity index (χ1n) is 6.35. The highest BCUT2D eigenvalue weighted by atomic mass is 79.9. The SMILES string of the molecule is Cc1cc(Cl)ccc1NC(=O)CCc1cccc(Br)c1. The fraction of sp³-hybridized carbons (Fsp3) is 0.188. The summed E-state index contributed by atoms with van der Waals surface area (Å²) in [5.41, 5.74) is 2.92. The predicted octanol–water partition coefficient (Wildman–Crippen LogP) is 4.98. The van der Waals surface area contributed by atoms with Gasteiger partial charge in [-0.15, -0.1) is 0 Å². The summed E-state index contributed by atoms with van der Waals surface area (Å²) in [7, 11) is 0. The fourth-order valence-electron chi connectivity index (χ4n) is 1.93. The number of hydrogen-bond acceptors (Lipinski definition) is 1. The molecule has 2 aromatic rings. The van der Waals surface area contributed by atoms with Gasteiger partial charge in [-0.1, -0.05) is 39.7 Å². The largest absolute Gasteiger partial charge is 0.326 e. The van der Waals surface area contributed by atoms with Crippen molar-refractivity contribution in [1.82, 2.24) is 0 Å². The Morgan fingerprint density at radius 1 is 1.25 bits per heavy atom. The maximum atomic E-state index is 12.0. The zero-order valence-corrected chi connectivity index (χ0v) is 13.5. The molecule has 2 aromatic carbocycles. The molecule has 0 atom stereocenters. The van der Waals surface area contributed by atoms with Crippen molar-refractivity contribution in [2.24, 2.45) is 0 Å². The van der Waals surface area contributed by atoms with Crippen LogP contribution >= 0.6 is 27.5 Å². The number of aryl methyl sites for hydroxylation is 2. The number of rotatable bonds is 4. The number of nitrogens with one attached hydrogen (secondary N) is 1. The van der Waals surface area contributed by atoms with Crippen LogP contribution in [0.3, 0.4) is 0 Å². The van der Waals surface area contributed by atoms with Gasteiger partial charge in [0, 0.05) is 21.6 Å². The molecule has 0 aliphatic heterocycles. The van der Waals surface area contributed by atoms with Crippen LogP contribution in [-0.2, 0) is 11.2 Å². The first-order chi connectivity index (χ1) is 9.54. The molecule has 4 heteroatoms. The lowest BCUT2D eigenvalue weighted by atomic mass is 10.1. The maximum Gasteiger partial charge on any atom is 0.224 e. The number of anilines is 1. The van der Waals surface area contributed by atoms with Crippen LogP contribution in [0.25, 0.3) is 0 Å². The van der Waals surface area contributed by atoms with Crippen molar-refractivity contribution in [1.29, 1.82) is 0 Å². The highest BCUT2D eigenvalue weighted by Gasteiger charge is 2.06. The molecule has 0 bridgehead atoms. The Labute approximate surface area is 132 Å². The third-order valence-electron chi connectivity index (χ3n) is 2.99. The smallest absolute Gasteiger partial charge is 0.224 e. The molecule has 0 spiro atoms. The molecule has 104 valence electrons. The summed E-state index contributed by atoms with van der Waals surface area (Å²) in [6.07, 6.45) is 1.18. The van der Waals surface area contributed by atoms with Crippen LogP contribution in [0, 0.1) is 6.92 Å². The van der Waals surface area contributed by atoms with Crippen LogP contribution < -0.4 is 5.32 Å². The van der Waals surface area contributed by atoms with E-state index in [9.17, 15) is 4.79 Å². The van der Waals surface area contributed by atoms with Gasteiger partial charge in [0.2, 0.25) is 5.91 Å². The van der Waals surface area contributed by atoms with E-state index in [4.69, 9.17) is 11.6 Å². The first kappa shape index (κ1) is 15.1. The van der Waals surface area contributed by atoms with Gasteiger partial charge < -0.3 is 5.32 Å². The summed E-state index contributed by atoms with van der Waals surface area (Å²) in [6.45, 7) is 1.93. The molecular weight excluding hydrogens is 338 g/mol. The highest BCUT2D eigenvalue weighted by Crippen LogP contribution is 2.20. The fourth-order valence-corrected chi connectivity index (χ4v) is 2.60. The number of halogens is 2. The molecule has 0 aliphatic rings. The Morgan fingerprint density at radius 3 is 2.75 bits per heavy atom. The van der Waals surface area contributed by atoms with Gasteiger partial charge >= 0.3 is 0 Å². The summed E-state index contributed by atoms with van der Waals surface area (Å²) in [5.74, 6) is 0.00963. The van der Waals surface area contributed by atoms with Crippen molar-refractivity contribution in [2.75, 3.05) is 5.32 Å². The van der Waals surface area contributed by atoms with Gasteiger partial charge in [-0.2, -0.15) is 0 Å².